The van der Waals surface area contributed by atoms with Crippen molar-refractivity contribution >= 4 is 6.09 Å². The van der Waals surface area contributed by atoms with E-state index in [-0.39, 0.29) is 12.1 Å². The third kappa shape index (κ3) is 1.10. The Hall–Kier alpha value is -0.770. The van der Waals surface area contributed by atoms with Gasteiger partial charge in [0.25, 0.3) is 0 Å². The highest BCUT2D eigenvalue weighted by Gasteiger charge is 2.13. The SMILES string of the molecule is NC1CNC(=O)OC1. The Labute approximate surface area is 47.0 Å². The number of nitrogens with one attached hydrogen (secondary N) is 1. The Morgan fingerprint density at radius 2 is 2.62 bits per heavy atom. The third-order valence-corrected chi connectivity index (χ3v) is 0.937. The molecule has 1 rings (SSSR count). The van der Waals surface area contributed by atoms with Crippen LogP contribution in [0.5, 0.6) is 0 Å². The van der Waals surface area contributed by atoms with Gasteiger partial charge >= 0.3 is 6.09 Å². The number of carbonyl (C=O) groups is 1. The van der Waals surface area contributed by atoms with Crippen LogP contribution >= 0.6 is 0 Å². The van der Waals surface area contributed by atoms with Gasteiger partial charge < -0.3 is 15.8 Å². The van der Waals surface area contributed by atoms with Crippen molar-refractivity contribution in [1.29, 1.82) is 0 Å². The zero-order chi connectivity index (χ0) is 5.98. The number of hydrogen-bond donors (Lipinski definition) is 2. The Bertz CT molecular complexity index is 94.2. The fourth-order valence-corrected chi connectivity index (χ4v) is 0.507. The predicted octanol–water partition coefficient (Wildman–Crippen LogP) is -0.946. The average molecular weight is 116 g/mol. The van der Waals surface area contributed by atoms with Crippen molar-refractivity contribution in [2.75, 3.05) is 13.2 Å². The van der Waals surface area contributed by atoms with Crippen molar-refractivity contribution in [3.63, 3.8) is 0 Å². The maximum atomic E-state index is 10.2. The van der Waals surface area contributed by atoms with Gasteiger partial charge in [0, 0.05) is 6.54 Å². The normalized spacial score (nSPS) is 28.6. The molecule has 1 aliphatic rings. The van der Waals surface area contributed by atoms with E-state index in [1.165, 1.54) is 0 Å². The molecule has 0 aromatic rings. The van der Waals surface area contributed by atoms with Gasteiger partial charge in [0.15, 0.2) is 0 Å². The molecule has 0 aromatic carbocycles. The summed E-state index contributed by atoms with van der Waals surface area (Å²) < 4.78 is 4.52. The number of carbonyl (C=O) groups excluding carboxylic acids is 1. The number of nitrogens with two attached hydrogens (primary N) is 1. The monoisotopic (exact) mass is 116 g/mol. The highest BCUT2D eigenvalue weighted by Crippen LogP contribution is 1.88. The van der Waals surface area contributed by atoms with E-state index in [1.54, 1.807) is 0 Å². The van der Waals surface area contributed by atoms with Crippen molar-refractivity contribution in [2.45, 2.75) is 6.04 Å². The minimum absolute atomic E-state index is 0.0345. The standard InChI is InChI=1S/C4H8N2O2/c5-3-1-6-4(7)8-2-3/h3H,1-2,5H2,(H,6,7). The zero-order valence-corrected chi connectivity index (χ0v) is 4.39. The summed E-state index contributed by atoms with van der Waals surface area (Å²) in [6.07, 6.45) is -0.369. The van der Waals surface area contributed by atoms with Crippen molar-refractivity contribution in [2.24, 2.45) is 5.73 Å². The van der Waals surface area contributed by atoms with Gasteiger partial charge in [-0.3, -0.25) is 0 Å². The fourth-order valence-electron chi connectivity index (χ4n) is 0.507. The van der Waals surface area contributed by atoms with Gasteiger partial charge in [0.1, 0.15) is 6.61 Å². The number of cyclic esters (lactones) is 1. The van der Waals surface area contributed by atoms with Crippen LogP contribution in [0.2, 0.25) is 0 Å². The molecule has 8 heavy (non-hydrogen) atoms. The quantitative estimate of drug-likeness (QED) is 0.429. The fraction of sp³-hybridized carbons (Fsp3) is 0.750. The van der Waals surface area contributed by atoms with Gasteiger partial charge in [-0.05, 0) is 0 Å². The topological polar surface area (TPSA) is 64.3 Å². The molecule has 0 radical (unpaired) electrons. The molecule has 1 fully saturated rings. The van der Waals surface area contributed by atoms with Crippen molar-refractivity contribution < 1.29 is 9.53 Å². The lowest BCUT2D eigenvalue weighted by Gasteiger charge is -2.18. The Morgan fingerprint density at radius 1 is 1.88 bits per heavy atom. The second-order valence-electron chi connectivity index (χ2n) is 1.74. The maximum Gasteiger partial charge on any atom is 0.407 e. The van der Waals surface area contributed by atoms with Gasteiger partial charge in [0.2, 0.25) is 0 Å². The lowest BCUT2D eigenvalue weighted by atomic mass is 10.3. The molecule has 0 saturated carbocycles. The number of amides is 1. The molecule has 1 atom stereocenters. The molecule has 0 bridgehead atoms. The average Bonchev–Trinajstić information content (AvgIpc) is 1.77. The second-order valence-corrected chi connectivity index (χ2v) is 1.74. The molecule has 3 N–H and O–H groups in total. The van der Waals surface area contributed by atoms with Gasteiger partial charge in [-0.15, -0.1) is 0 Å². The van der Waals surface area contributed by atoms with E-state index in [4.69, 9.17) is 5.73 Å². The van der Waals surface area contributed by atoms with E-state index < -0.39 is 0 Å². The van der Waals surface area contributed by atoms with Crippen molar-refractivity contribution in [3.8, 4) is 0 Å². The van der Waals surface area contributed by atoms with Gasteiger partial charge in [-0.2, -0.15) is 0 Å². The maximum absolute atomic E-state index is 10.2. The minimum atomic E-state index is -0.369. The lowest BCUT2D eigenvalue weighted by Crippen LogP contribution is -2.46. The van der Waals surface area contributed by atoms with Crippen LogP contribution in [-0.2, 0) is 4.74 Å². The minimum Gasteiger partial charge on any atom is -0.448 e. The Balaban J connectivity index is 2.29. The smallest absolute Gasteiger partial charge is 0.407 e. The van der Waals surface area contributed by atoms with Crippen LogP contribution in [0.3, 0.4) is 0 Å². The summed E-state index contributed by atoms with van der Waals surface area (Å²) in [5.74, 6) is 0. The summed E-state index contributed by atoms with van der Waals surface area (Å²) in [6, 6.07) is -0.0345. The van der Waals surface area contributed by atoms with Gasteiger partial charge in [-0.25, -0.2) is 4.79 Å². The number of hydrogen-bond acceptors (Lipinski definition) is 3. The number of ether oxygens (including phenoxy) is 1. The predicted molar refractivity (Wildman–Crippen MR) is 27.3 cm³/mol. The van der Waals surface area contributed by atoms with Crippen LogP contribution in [0.15, 0.2) is 0 Å². The summed E-state index contributed by atoms with van der Waals surface area (Å²) in [5.41, 5.74) is 5.36. The Kier molecular flexibility index (Phi) is 1.34. The van der Waals surface area contributed by atoms with Crippen LogP contribution < -0.4 is 11.1 Å². The largest absolute Gasteiger partial charge is 0.448 e. The first kappa shape index (κ1) is 5.37. The number of alkyl carbamates (subject to hydrolysis) is 1. The van der Waals surface area contributed by atoms with E-state index in [0.717, 1.165) is 0 Å². The van der Waals surface area contributed by atoms with Crippen LogP contribution in [0.25, 0.3) is 0 Å². The van der Waals surface area contributed by atoms with Gasteiger partial charge in [-0.1, -0.05) is 0 Å². The molecular weight excluding hydrogens is 108 g/mol. The molecule has 4 nitrogen and oxygen atoms in total. The molecule has 46 valence electrons. The molecule has 1 unspecified atom stereocenters. The molecule has 0 aliphatic carbocycles. The first-order chi connectivity index (χ1) is 3.79. The van der Waals surface area contributed by atoms with E-state index in [9.17, 15) is 4.79 Å². The molecule has 0 spiro atoms. The van der Waals surface area contributed by atoms with Crippen molar-refractivity contribution in [3.05, 3.63) is 0 Å². The first-order valence-electron chi connectivity index (χ1n) is 2.45. The third-order valence-electron chi connectivity index (χ3n) is 0.937. The molecule has 1 heterocycles. The van der Waals surface area contributed by atoms with Crippen LogP contribution in [0, 0.1) is 0 Å². The van der Waals surface area contributed by atoms with Crippen molar-refractivity contribution in [1.82, 2.24) is 5.32 Å². The molecule has 4 heteroatoms. The second kappa shape index (κ2) is 2.00. The van der Waals surface area contributed by atoms with Crippen LogP contribution in [0.1, 0.15) is 0 Å². The molecule has 1 aliphatic heterocycles. The summed E-state index contributed by atoms with van der Waals surface area (Å²) in [7, 11) is 0. The van der Waals surface area contributed by atoms with E-state index in [0.29, 0.717) is 13.2 Å². The summed E-state index contributed by atoms with van der Waals surface area (Å²) >= 11 is 0. The first-order valence-corrected chi connectivity index (χ1v) is 2.45. The van der Waals surface area contributed by atoms with E-state index in [2.05, 4.69) is 10.1 Å². The van der Waals surface area contributed by atoms with E-state index >= 15 is 0 Å². The molecule has 1 saturated heterocycles. The zero-order valence-electron chi connectivity index (χ0n) is 4.39. The van der Waals surface area contributed by atoms with Crippen LogP contribution in [-0.4, -0.2) is 25.3 Å². The lowest BCUT2D eigenvalue weighted by molar-refractivity contribution is 0.121. The number of rotatable bonds is 0. The van der Waals surface area contributed by atoms with Crippen LogP contribution in [0.4, 0.5) is 4.79 Å². The summed E-state index contributed by atoms with van der Waals surface area (Å²) in [5, 5.41) is 2.45. The molecule has 0 aromatic heterocycles. The van der Waals surface area contributed by atoms with Gasteiger partial charge in [0.05, 0.1) is 6.04 Å². The highest BCUT2D eigenvalue weighted by molar-refractivity contribution is 5.67. The molecule has 1 amide bonds. The Morgan fingerprint density at radius 3 is 3.00 bits per heavy atom. The van der Waals surface area contributed by atoms with E-state index in [1.807, 2.05) is 0 Å². The highest BCUT2D eigenvalue weighted by atomic mass is 16.6. The summed E-state index contributed by atoms with van der Waals surface area (Å²) in [4.78, 5) is 10.2. The molecular formula is C4H8N2O2. The summed E-state index contributed by atoms with van der Waals surface area (Å²) in [6.45, 7) is 0.866.